The molecular formula is C27H21F2N5. The zero-order valence-electron chi connectivity index (χ0n) is 18.5. The third-order valence-corrected chi connectivity index (χ3v) is 5.60. The molecule has 0 fully saturated rings. The lowest BCUT2D eigenvalue weighted by Crippen LogP contribution is -2.14. The lowest BCUT2D eigenvalue weighted by atomic mass is 10.0. The largest absolute Gasteiger partial charge is 0.366 e. The molecule has 0 saturated carbocycles. The Balaban J connectivity index is 1.35. The number of halogens is 2. The maximum Gasteiger partial charge on any atom is 0.213 e. The maximum absolute atomic E-state index is 14.7. The number of rotatable bonds is 5. The second-order valence-corrected chi connectivity index (χ2v) is 8.08. The fourth-order valence-corrected chi connectivity index (χ4v) is 3.90. The van der Waals surface area contributed by atoms with Crippen LogP contribution in [-0.2, 0) is 6.54 Å². The van der Waals surface area contributed by atoms with Crippen LogP contribution in [0.4, 0.5) is 8.78 Å². The first-order valence-electron chi connectivity index (χ1n) is 10.8. The number of hydrogen-bond donors (Lipinski definition) is 1. The van der Waals surface area contributed by atoms with Gasteiger partial charge in [0.1, 0.15) is 11.6 Å². The third-order valence-electron chi connectivity index (χ3n) is 5.60. The highest BCUT2D eigenvalue weighted by molar-refractivity contribution is 5.91. The fraction of sp³-hybridized carbons (Fsp3) is 0.111. The first kappa shape index (κ1) is 21.6. The van der Waals surface area contributed by atoms with Gasteiger partial charge in [-0.1, -0.05) is 12.1 Å². The van der Waals surface area contributed by atoms with Gasteiger partial charge in [-0.2, -0.15) is 4.39 Å². The van der Waals surface area contributed by atoms with Crippen LogP contribution in [0.1, 0.15) is 23.2 Å². The Morgan fingerprint density at radius 2 is 1.79 bits per heavy atom. The van der Waals surface area contributed by atoms with Crippen molar-refractivity contribution in [3.63, 3.8) is 0 Å². The van der Waals surface area contributed by atoms with Gasteiger partial charge in [0, 0.05) is 66.2 Å². The Kier molecular flexibility index (Phi) is 5.91. The Morgan fingerprint density at radius 3 is 2.62 bits per heavy atom. The topological polar surface area (TPSA) is 62.5 Å². The van der Waals surface area contributed by atoms with Crippen LogP contribution in [-0.4, -0.2) is 22.4 Å². The van der Waals surface area contributed by atoms with Crippen molar-refractivity contribution in [2.45, 2.75) is 19.9 Å². The standard InChI is InChI=1S/C27H21F2N5/c1-17-10-21(6-8-30-17)25-13-18-4-7-32-27(22(11-18)16-33-25)34-15-19-2-3-23(24(28)12-19)20-5-9-31-26(29)14-20/h2-10,12-14,16H,11,15H2,1H3,(H,32,34). The summed E-state index contributed by atoms with van der Waals surface area (Å²) in [5.41, 5.74) is 6.37. The van der Waals surface area contributed by atoms with Crippen LogP contribution in [0.25, 0.3) is 16.8 Å². The number of aryl methyl sites for hydroxylation is 1. The molecule has 0 aliphatic carbocycles. The highest BCUT2D eigenvalue weighted by Crippen LogP contribution is 2.28. The van der Waals surface area contributed by atoms with Crippen LogP contribution >= 0.6 is 0 Å². The quantitative estimate of drug-likeness (QED) is 0.515. The number of fused-ring (bicyclic) bond motifs is 2. The van der Waals surface area contributed by atoms with E-state index in [2.05, 4.69) is 26.4 Å². The van der Waals surface area contributed by atoms with E-state index in [4.69, 9.17) is 4.99 Å². The molecule has 0 saturated heterocycles. The van der Waals surface area contributed by atoms with E-state index in [1.807, 2.05) is 37.4 Å². The van der Waals surface area contributed by atoms with Crippen molar-refractivity contribution in [1.82, 2.24) is 15.3 Å². The van der Waals surface area contributed by atoms with Crippen molar-refractivity contribution >= 4 is 18.1 Å². The minimum absolute atomic E-state index is 0.328. The van der Waals surface area contributed by atoms with Crippen LogP contribution in [0.5, 0.6) is 0 Å². The SMILES string of the molecule is Cc1cc(C2=CC3=CC=NC(NCc4ccc(-c5ccnc(F)c5)c(F)c4)=C(C=N2)C3)ccn1. The molecule has 1 aromatic carbocycles. The molecule has 0 amide bonds. The Labute approximate surface area is 196 Å². The van der Waals surface area contributed by atoms with Crippen molar-refractivity contribution in [1.29, 1.82) is 0 Å². The lowest BCUT2D eigenvalue weighted by Gasteiger charge is -2.11. The fourth-order valence-electron chi connectivity index (χ4n) is 3.90. The average Bonchev–Trinajstić information content (AvgIpc) is 3.16. The van der Waals surface area contributed by atoms with Gasteiger partial charge in [-0.15, -0.1) is 0 Å². The summed E-state index contributed by atoms with van der Waals surface area (Å²) in [5.74, 6) is -0.373. The van der Waals surface area contributed by atoms with E-state index >= 15 is 0 Å². The molecule has 2 aliphatic rings. The summed E-state index contributed by atoms with van der Waals surface area (Å²) in [6.07, 6.45) is 11.4. The Bertz CT molecular complexity index is 1420. The summed E-state index contributed by atoms with van der Waals surface area (Å²) < 4.78 is 28.1. The van der Waals surface area contributed by atoms with Gasteiger partial charge in [-0.25, -0.2) is 14.4 Å². The van der Waals surface area contributed by atoms with Crippen molar-refractivity contribution in [2.24, 2.45) is 9.98 Å². The number of hydrogen-bond acceptors (Lipinski definition) is 5. The van der Waals surface area contributed by atoms with Gasteiger partial charge >= 0.3 is 0 Å². The Morgan fingerprint density at radius 1 is 0.941 bits per heavy atom. The minimum Gasteiger partial charge on any atom is -0.366 e. The maximum atomic E-state index is 14.7. The van der Waals surface area contributed by atoms with Gasteiger partial charge in [-0.3, -0.25) is 9.98 Å². The molecule has 2 bridgehead atoms. The summed E-state index contributed by atoms with van der Waals surface area (Å²) in [6.45, 7) is 2.33. The first-order valence-corrected chi connectivity index (χ1v) is 10.8. The van der Waals surface area contributed by atoms with E-state index in [-0.39, 0.29) is 0 Å². The van der Waals surface area contributed by atoms with E-state index in [1.54, 1.807) is 24.5 Å². The summed E-state index contributed by atoms with van der Waals surface area (Å²) in [6, 6.07) is 11.7. The summed E-state index contributed by atoms with van der Waals surface area (Å²) >= 11 is 0. The molecule has 0 spiro atoms. The second kappa shape index (κ2) is 9.31. The molecule has 0 unspecified atom stereocenters. The number of allylic oxidation sites excluding steroid dienone is 4. The van der Waals surface area contributed by atoms with E-state index in [9.17, 15) is 8.78 Å². The smallest absolute Gasteiger partial charge is 0.213 e. The van der Waals surface area contributed by atoms with E-state index in [1.165, 1.54) is 18.3 Å². The predicted octanol–water partition coefficient (Wildman–Crippen LogP) is 5.56. The van der Waals surface area contributed by atoms with Gasteiger partial charge in [0.15, 0.2) is 0 Å². The molecule has 34 heavy (non-hydrogen) atoms. The number of aromatic nitrogens is 2. The Hall–Kier alpha value is -4.26. The van der Waals surface area contributed by atoms with Crippen molar-refractivity contribution in [3.05, 3.63) is 113 Å². The molecule has 168 valence electrons. The second-order valence-electron chi connectivity index (χ2n) is 8.08. The molecule has 5 rings (SSSR count). The molecule has 0 radical (unpaired) electrons. The summed E-state index contributed by atoms with van der Waals surface area (Å²) in [5, 5.41) is 3.31. The van der Waals surface area contributed by atoms with E-state index < -0.39 is 11.8 Å². The van der Waals surface area contributed by atoms with Crippen LogP contribution in [0.15, 0.2) is 94.0 Å². The molecule has 1 N–H and O–H groups in total. The molecule has 2 aliphatic heterocycles. The number of nitrogens with zero attached hydrogens (tertiary/aromatic N) is 4. The molecule has 0 atom stereocenters. The van der Waals surface area contributed by atoms with Crippen LogP contribution < -0.4 is 5.32 Å². The van der Waals surface area contributed by atoms with Crippen molar-refractivity contribution in [2.75, 3.05) is 0 Å². The average molecular weight is 453 g/mol. The number of pyridine rings is 2. The number of benzene rings is 1. The van der Waals surface area contributed by atoms with E-state index in [0.717, 1.165) is 33.7 Å². The molecule has 2 aromatic heterocycles. The van der Waals surface area contributed by atoms with Crippen molar-refractivity contribution < 1.29 is 8.78 Å². The molecule has 7 heteroatoms. The van der Waals surface area contributed by atoms with Crippen molar-refractivity contribution in [3.8, 4) is 11.1 Å². The minimum atomic E-state index is -0.642. The molecular weight excluding hydrogens is 432 g/mol. The summed E-state index contributed by atoms with van der Waals surface area (Å²) in [7, 11) is 0. The van der Waals surface area contributed by atoms with Crippen LogP contribution in [0.3, 0.4) is 0 Å². The summed E-state index contributed by atoms with van der Waals surface area (Å²) in [4.78, 5) is 17.0. The normalized spacial score (nSPS) is 14.9. The molecule has 3 aromatic rings. The predicted molar refractivity (Wildman–Crippen MR) is 130 cm³/mol. The molecule has 5 nitrogen and oxygen atoms in total. The van der Waals surface area contributed by atoms with E-state index in [0.29, 0.717) is 29.9 Å². The monoisotopic (exact) mass is 453 g/mol. The van der Waals surface area contributed by atoms with Gasteiger partial charge in [-0.05, 0) is 60.0 Å². The van der Waals surface area contributed by atoms with Crippen LogP contribution in [0.2, 0.25) is 0 Å². The third kappa shape index (κ3) is 4.73. The number of nitrogens with one attached hydrogen (secondary N) is 1. The zero-order valence-corrected chi connectivity index (χ0v) is 18.5. The van der Waals surface area contributed by atoms with Gasteiger partial charge in [0.05, 0.1) is 5.70 Å². The lowest BCUT2D eigenvalue weighted by molar-refractivity contribution is 0.584. The first-order chi connectivity index (χ1) is 16.5. The molecule has 4 heterocycles. The highest BCUT2D eigenvalue weighted by Gasteiger charge is 2.15. The van der Waals surface area contributed by atoms with Gasteiger partial charge < -0.3 is 5.32 Å². The van der Waals surface area contributed by atoms with Gasteiger partial charge in [0.2, 0.25) is 5.95 Å². The highest BCUT2D eigenvalue weighted by atomic mass is 19.1. The number of aliphatic imine (C=N–C) groups is 2. The van der Waals surface area contributed by atoms with Gasteiger partial charge in [0.25, 0.3) is 0 Å². The van der Waals surface area contributed by atoms with Crippen LogP contribution in [0, 0.1) is 18.7 Å². The zero-order chi connectivity index (χ0) is 23.5.